The maximum absolute atomic E-state index is 5.58. The van der Waals surface area contributed by atoms with E-state index < -0.39 is 0 Å². The van der Waals surface area contributed by atoms with Crippen molar-refractivity contribution in [3.63, 3.8) is 0 Å². The van der Waals surface area contributed by atoms with Crippen molar-refractivity contribution < 1.29 is 14.0 Å². The standard InChI is InChI=1S/C12H14BrN3O3/c1-3-18-9-5-10(17-2)8(13)4-7(9)12-15-11(6-14)19-16-12/h4-5H,3,6,14H2,1-2H3. The minimum absolute atomic E-state index is 0.203. The van der Waals surface area contributed by atoms with E-state index in [4.69, 9.17) is 19.7 Å². The number of methoxy groups -OCH3 is 1. The lowest BCUT2D eigenvalue weighted by Crippen LogP contribution is -1.98. The van der Waals surface area contributed by atoms with Crippen LogP contribution in [-0.4, -0.2) is 23.9 Å². The van der Waals surface area contributed by atoms with Crippen molar-refractivity contribution in [2.75, 3.05) is 13.7 Å². The predicted molar refractivity (Wildman–Crippen MR) is 73.0 cm³/mol. The van der Waals surface area contributed by atoms with Gasteiger partial charge in [0.05, 0.1) is 30.3 Å². The number of nitrogens with two attached hydrogens (primary N) is 1. The van der Waals surface area contributed by atoms with Crippen LogP contribution in [0.5, 0.6) is 11.5 Å². The van der Waals surface area contributed by atoms with Gasteiger partial charge in [0.15, 0.2) is 0 Å². The van der Waals surface area contributed by atoms with E-state index in [-0.39, 0.29) is 6.54 Å². The maximum Gasteiger partial charge on any atom is 0.240 e. The zero-order chi connectivity index (χ0) is 13.8. The first kappa shape index (κ1) is 13.8. The molecule has 19 heavy (non-hydrogen) atoms. The van der Waals surface area contributed by atoms with E-state index in [9.17, 15) is 0 Å². The molecule has 2 rings (SSSR count). The van der Waals surface area contributed by atoms with Crippen molar-refractivity contribution >= 4 is 15.9 Å². The van der Waals surface area contributed by atoms with Gasteiger partial charge in [0.2, 0.25) is 11.7 Å². The highest BCUT2D eigenvalue weighted by Crippen LogP contribution is 2.37. The fourth-order valence-electron chi connectivity index (χ4n) is 1.59. The molecular weight excluding hydrogens is 314 g/mol. The van der Waals surface area contributed by atoms with Gasteiger partial charge in [-0.3, -0.25) is 0 Å². The van der Waals surface area contributed by atoms with Gasteiger partial charge < -0.3 is 19.7 Å². The Labute approximate surface area is 119 Å². The second-order valence-corrected chi connectivity index (χ2v) is 4.49. The summed E-state index contributed by atoms with van der Waals surface area (Å²) in [6, 6.07) is 3.61. The number of nitrogens with zero attached hydrogens (tertiary/aromatic N) is 2. The number of halogens is 1. The third-order valence-electron chi connectivity index (χ3n) is 2.44. The smallest absolute Gasteiger partial charge is 0.240 e. The molecule has 0 radical (unpaired) electrons. The van der Waals surface area contributed by atoms with E-state index in [1.165, 1.54) is 0 Å². The molecule has 0 amide bonds. The number of hydrogen-bond acceptors (Lipinski definition) is 6. The lowest BCUT2D eigenvalue weighted by molar-refractivity contribution is 0.336. The summed E-state index contributed by atoms with van der Waals surface area (Å²) >= 11 is 3.42. The SMILES string of the molecule is CCOc1cc(OC)c(Br)cc1-c1noc(CN)n1. The van der Waals surface area contributed by atoms with Crippen LogP contribution >= 0.6 is 15.9 Å². The van der Waals surface area contributed by atoms with Gasteiger partial charge in [0.25, 0.3) is 0 Å². The molecule has 0 atom stereocenters. The molecule has 102 valence electrons. The van der Waals surface area contributed by atoms with Crippen molar-refractivity contribution in [3.8, 4) is 22.9 Å². The Kier molecular flexibility index (Phi) is 4.39. The van der Waals surface area contributed by atoms with Crippen molar-refractivity contribution in [2.24, 2.45) is 5.73 Å². The Bertz CT molecular complexity index is 571. The summed E-state index contributed by atoms with van der Waals surface area (Å²) in [7, 11) is 1.59. The molecule has 0 spiro atoms. The molecule has 0 aliphatic heterocycles. The lowest BCUT2D eigenvalue weighted by atomic mass is 10.2. The van der Waals surface area contributed by atoms with Crippen LogP contribution in [0, 0.1) is 0 Å². The number of ether oxygens (including phenoxy) is 2. The van der Waals surface area contributed by atoms with Gasteiger partial charge in [0.1, 0.15) is 11.5 Å². The average Bonchev–Trinajstić information content (AvgIpc) is 2.89. The van der Waals surface area contributed by atoms with E-state index in [1.54, 1.807) is 13.2 Å². The molecular formula is C12H14BrN3O3. The first-order chi connectivity index (χ1) is 9.19. The van der Waals surface area contributed by atoms with E-state index in [2.05, 4.69) is 26.1 Å². The number of benzene rings is 1. The van der Waals surface area contributed by atoms with E-state index in [0.29, 0.717) is 29.8 Å². The van der Waals surface area contributed by atoms with Crippen molar-refractivity contribution in [1.82, 2.24) is 10.1 Å². The van der Waals surface area contributed by atoms with Crippen molar-refractivity contribution in [2.45, 2.75) is 13.5 Å². The zero-order valence-corrected chi connectivity index (χ0v) is 12.2. The lowest BCUT2D eigenvalue weighted by Gasteiger charge is -2.11. The second-order valence-electron chi connectivity index (χ2n) is 3.63. The van der Waals surface area contributed by atoms with Gasteiger partial charge >= 0.3 is 0 Å². The van der Waals surface area contributed by atoms with Gasteiger partial charge in [-0.05, 0) is 28.9 Å². The second kappa shape index (κ2) is 6.03. The first-order valence-corrected chi connectivity index (χ1v) is 6.52. The van der Waals surface area contributed by atoms with Crippen molar-refractivity contribution in [1.29, 1.82) is 0 Å². The Morgan fingerprint density at radius 2 is 2.16 bits per heavy atom. The summed E-state index contributed by atoms with van der Waals surface area (Å²) in [5.74, 6) is 2.12. The molecule has 7 heteroatoms. The van der Waals surface area contributed by atoms with E-state index >= 15 is 0 Å². The third-order valence-corrected chi connectivity index (χ3v) is 3.06. The molecule has 0 fully saturated rings. The summed E-state index contributed by atoms with van der Waals surface area (Å²) in [6.07, 6.45) is 0. The van der Waals surface area contributed by atoms with Crippen LogP contribution in [0.25, 0.3) is 11.4 Å². The maximum atomic E-state index is 5.58. The predicted octanol–water partition coefficient (Wildman–Crippen LogP) is 2.37. The van der Waals surface area contributed by atoms with Gasteiger partial charge in [-0.2, -0.15) is 4.98 Å². The molecule has 0 saturated carbocycles. The number of hydrogen-bond donors (Lipinski definition) is 1. The van der Waals surface area contributed by atoms with Gasteiger partial charge in [0, 0.05) is 6.07 Å². The molecule has 0 bridgehead atoms. The Hall–Kier alpha value is -1.60. The molecule has 6 nitrogen and oxygen atoms in total. The minimum atomic E-state index is 0.203. The van der Waals surface area contributed by atoms with Crippen LogP contribution in [0.3, 0.4) is 0 Å². The number of aromatic nitrogens is 2. The summed E-state index contributed by atoms with van der Waals surface area (Å²) in [5, 5.41) is 3.89. The third kappa shape index (κ3) is 2.87. The number of rotatable bonds is 5. The Morgan fingerprint density at radius 3 is 2.74 bits per heavy atom. The van der Waals surface area contributed by atoms with Gasteiger partial charge in [-0.25, -0.2) is 0 Å². The molecule has 0 aliphatic carbocycles. The van der Waals surface area contributed by atoms with Crippen LogP contribution in [0.15, 0.2) is 21.1 Å². The zero-order valence-electron chi connectivity index (χ0n) is 10.6. The first-order valence-electron chi connectivity index (χ1n) is 5.73. The largest absolute Gasteiger partial charge is 0.495 e. The molecule has 1 heterocycles. The quantitative estimate of drug-likeness (QED) is 0.907. The van der Waals surface area contributed by atoms with E-state index in [0.717, 1.165) is 10.0 Å². The van der Waals surface area contributed by atoms with Gasteiger partial charge in [-0.15, -0.1) is 0 Å². The van der Waals surface area contributed by atoms with E-state index in [1.807, 2.05) is 13.0 Å². The van der Waals surface area contributed by atoms with Crippen molar-refractivity contribution in [3.05, 3.63) is 22.5 Å². The molecule has 2 aromatic rings. The minimum Gasteiger partial charge on any atom is -0.495 e. The molecule has 1 aromatic carbocycles. The van der Waals surface area contributed by atoms with Crippen LogP contribution in [0.2, 0.25) is 0 Å². The monoisotopic (exact) mass is 327 g/mol. The van der Waals surface area contributed by atoms with Crippen LogP contribution < -0.4 is 15.2 Å². The summed E-state index contributed by atoms with van der Waals surface area (Å²) in [4.78, 5) is 4.19. The average molecular weight is 328 g/mol. The molecule has 2 N–H and O–H groups in total. The van der Waals surface area contributed by atoms with Crippen LogP contribution in [0.1, 0.15) is 12.8 Å². The highest BCUT2D eigenvalue weighted by atomic mass is 79.9. The molecule has 0 saturated heterocycles. The molecule has 1 aromatic heterocycles. The topological polar surface area (TPSA) is 83.4 Å². The Balaban J connectivity index is 2.50. The highest BCUT2D eigenvalue weighted by Gasteiger charge is 2.16. The molecule has 0 aliphatic rings. The Morgan fingerprint density at radius 1 is 1.37 bits per heavy atom. The van der Waals surface area contributed by atoms with Crippen LogP contribution in [-0.2, 0) is 6.54 Å². The highest BCUT2D eigenvalue weighted by molar-refractivity contribution is 9.10. The van der Waals surface area contributed by atoms with Crippen LogP contribution in [0.4, 0.5) is 0 Å². The fourth-order valence-corrected chi connectivity index (χ4v) is 2.09. The summed E-state index contributed by atoms with van der Waals surface area (Å²) in [5.41, 5.74) is 6.18. The molecule has 0 unspecified atom stereocenters. The summed E-state index contributed by atoms with van der Waals surface area (Å²) < 4.78 is 16.6. The fraction of sp³-hybridized carbons (Fsp3) is 0.333. The normalized spacial score (nSPS) is 10.5. The van der Waals surface area contributed by atoms with Gasteiger partial charge in [-0.1, -0.05) is 5.16 Å². The summed E-state index contributed by atoms with van der Waals surface area (Å²) in [6.45, 7) is 2.63.